The van der Waals surface area contributed by atoms with E-state index >= 15 is 0 Å². The van der Waals surface area contributed by atoms with Gasteiger partial charge in [0.2, 0.25) is 12.7 Å². The molecular formula is C13H14N4O2. The lowest BCUT2D eigenvalue weighted by atomic mass is 10.0. The number of rotatable bonds is 1. The summed E-state index contributed by atoms with van der Waals surface area (Å²) in [7, 11) is 0. The summed E-state index contributed by atoms with van der Waals surface area (Å²) in [6.45, 7) is 3.11. The number of ether oxygens (including phenoxy) is 2. The van der Waals surface area contributed by atoms with Crippen LogP contribution >= 0.6 is 0 Å². The third-order valence-electron chi connectivity index (χ3n) is 3.51. The second-order valence-corrected chi connectivity index (χ2v) is 4.77. The number of nitrogens with zero attached hydrogens (tertiary/aromatic N) is 3. The van der Waals surface area contributed by atoms with Crippen LogP contribution in [0.1, 0.15) is 23.9 Å². The molecule has 0 amide bonds. The predicted octanol–water partition coefficient (Wildman–Crippen LogP) is 1.72. The standard InChI is InChI=1S/C13H14N4O2/c1-8-15-13-14-5-4-10(17(13)16-8)9-2-3-11-12(6-9)19-7-18-11/h2-3,6,10H,4-5,7H2,1H3,(H,14,15,16). The third-order valence-corrected chi connectivity index (χ3v) is 3.51. The van der Waals surface area contributed by atoms with Gasteiger partial charge in [0.05, 0.1) is 6.04 Å². The molecule has 3 heterocycles. The highest BCUT2D eigenvalue weighted by Gasteiger charge is 2.25. The molecule has 6 heteroatoms. The highest BCUT2D eigenvalue weighted by atomic mass is 16.7. The van der Waals surface area contributed by atoms with Gasteiger partial charge in [-0.25, -0.2) is 4.68 Å². The van der Waals surface area contributed by atoms with Gasteiger partial charge in [-0.15, -0.1) is 0 Å². The number of anilines is 1. The first-order valence-electron chi connectivity index (χ1n) is 6.38. The van der Waals surface area contributed by atoms with Gasteiger partial charge < -0.3 is 14.8 Å². The second-order valence-electron chi connectivity index (χ2n) is 4.77. The van der Waals surface area contributed by atoms with Gasteiger partial charge in [-0.1, -0.05) is 6.07 Å². The number of fused-ring (bicyclic) bond motifs is 2. The van der Waals surface area contributed by atoms with Crippen LogP contribution in [-0.2, 0) is 0 Å². The maximum atomic E-state index is 5.44. The SMILES string of the molecule is Cc1nc2n(n1)C(c1ccc3c(c1)OCO3)CCN2. The minimum Gasteiger partial charge on any atom is -0.454 e. The Morgan fingerprint density at radius 1 is 1.32 bits per heavy atom. The van der Waals surface area contributed by atoms with Crippen molar-refractivity contribution < 1.29 is 9.47 Å². The fraction of sp³-hybridized carbons (Fsp3) is 0.385. The van der Waals surface area contributed by atoms with E-state index in [1.54, 1.807) is 0 Å². The van der Waals surface area contributed by atoms with E-state index < -0.39 is 0 Å². The fourth-order valence-electron chi connectivity index (χ4n) is 2.64. The molecule has 1 aromatic carbocycles. The fourth-order valence-corrected chi connectivity index (χ4v) is 2.64. The Labute approximate surface area is 110 Å². The molecule has 1 aromatic heterocycles. The Hall–Kier alpha value is -2.24. The van der Waals surface area contributed by atoms with Crippen LogP contribution in [0.5, 0.6) is 11.5 Å². The topological polar surface area (TPSA) is 61.2 Å². The average Bonchev–Trinajstić information content (AvgIpc) is 3.01. The number of benzene rings is 1. The number of aromatic nitrogens is 3. The maximum Gasteiger partial charge on any atom is 0.231 e. The molecule has 0 spiro atoms. The molecule has 0 aliphatic carbocycles. The molecule has 0 saturated heterocycles. The van der Waals surface area contributed by atoms with Gasteiger partial charge >= 0.3 is 0 Å². The lowest BCUT2D eigenvalue weighted by Gasteiger charge is -2.24. The van der Waals surface area contributed by atoms with Crippen LogP contribution < -0.4 is 14.8 Å². The molecule has 19 heavy (non-hydrogen) atoms. The van der Waals surface area contributed by atoms with Crippen molar-refractivity contribution in [2.24, 2.45) is 0 Å². The summed E-state index contributed by atoms with van der Waals surface area (Å²) in [4.78, 5) is 4.38. The van der Waals surface area contributed by atoms with Crippen LogP contribution in [0.25, 0.3) is 0 Å². The van der Waals surface area contributed by atoms with E-state index in [1.165, 1.54) is 5.56 Å². The van der Waals surface area contributed by atoms with Gasteiger partial charge in [-0.2, -0.15) is 10.1 Å². The van der Waals surface area contributed by atoms with Crippen molar-refractivity contribution >= 4 is 5.95 Å². The van der Waals surface area contributed by atoms with Crippen LogP contribution in [-0.4, -0.2) is 28.1 Å². The Bertz CT molecular complexity index is 638. The zero-order chi connectivity index (χ0) is 12.8. The summed E-state index contributed by atoms with van der Waals surface area (Å²) < 4.78 is 12.7. The third kappa shape index (κ3) is 1.63. The minimum atomic E-state index is 0.201. The molecule has 6 nitrogen and oxygen atoms in total. The van der Waals surface area contributed by atoms with E-state index in [-0.39, 0.29) is 6.04 Å². The van der Waals surface area contributed by atoms with Gasteiger partial charge in [0, 0.05) is 6.54 Å². The van der Waals surface area contributed by atoms with Crippen molar-refractivity contribution in [2.75, 3.05) is 18.7 Å². The Balaban J connectivity index is 1.77. The van der Waals surface area contributed by atoms with Crippen molar-refractivity contribution in [1.82, 2.24) is 14.8 Å². The summed E-state index contributed by atoms with van der Waals surface area (Å²) in [5.41, 5.74) is 1.18. The molecule has 1 atom stereocenters. The van der Waals surface area contributed by atoms with Crippen LogP contribution in [0.4, 0.5) is 5.95 Å². The Kier molecular flexibility index (Phi) is 2.18. The van der Waals surface area contributed by atoms with Crippen molar-refractivity contribution in [3.63, 3.8) is 0 Å². The van der Waals surface area contributed by atoms with E-state index in [4.69, 9.17) is 9.47 Å². The molecular weight excluding hydrogens is 244 g/mol. The van der Waals surface area contributed by atoms with Crippen molar-refractivity contribution in [3.8, 4) is 11.5 Å². The lowest BCUT2D eigenvalue weighted by Crippen LogP contribution is -2.24. The molecule has 2 aromatic rings. The van der Waals surface area contributed by atoms with Crippen LogP contribution in [0.15, 0.2) is 18.2 Å². The molecule has 0 saturated carbocycles. The Morgan fingerprint density at radius 2 is 2.21 bits per heavy atom. The number of hydrogen-bond donors (Lipinski definition) is 1. The maximum absolute atomic E-state index is 5.44. The first-order valence-corrected chi connectivity index (χ1v) is 6.38. The van der Waals surface area contributed by atoms with Gasteiger partial charge in [-0.3, -0.25) is 0 Å². The first kappa shape index (κ1) is 10.7. The van der Waals surface area contributed by atoms with Gasteiger partial charge in [0.15, 0.2) is 11.5 Å². The van der Waals surface area contributed by atoms with E-state index in [0.29, 0.717) is 6.79 Å². The summed E-state index contributed by atoms with van der Waals surface area (Å²) in [5.74, 6) is 3.25. The summed E-state index contributed by atoms with van der Waals surface area (Å²) in [6, 6.07) is 6.28. The van der Waals surface area contributed by atoms with E-state index in [9.17, 15) is 0 Å². The number of hydrogen-bond acceptors (Lipinski definition) is 5. The van der Waals surface area contributed by atoms with Crippen molar-refractivity contribution in [1.29, 1.82) is 0 Å². The van der Waals surface area contributed by atoms with E-state index in [2.05, 4.69) is 21.5 Å². The molecule has 2 aliphatic rings. The molecule has 2 aliphatic heterocycles. The zero-order valence-corrected chi connectivity index (χ0v) is 10.6. The van der Waals surface area contributed by atoms with E-state index in [1.807, 2.05) is 23.7 Å². The lowest BCUT2D eigenvalue weighted by molar-refractivity contribution is 0.174. The van der Waals surface area contributed by atoms with E-state index in [0.717, 1.165) is 36.2 Å². The molecule has 0 fully saturated rings. The number of aryl methyl sites for hydroxylation is 1. The van der Waals surface area contributed by atoms with Gasteiger partial charge in [0.25, 0.3) is 0 Å². The largest absolute Gasteiger partial charge is 0.454 e. The highest BCUT2D eigenvalue weighted by molar-refractivity contribution is 5.46. The molecule has 1 N–H and O–H groups in total. The molecule has 0 radical (unpaired) electrons. The van der Waals surface area contributed by atoms with Crippen molar-refractivity contribution in [3.05, 3.63) is 29.6 Å². The molecule has 98 valence electrons. The number of nitrogens with one attached hydrogen (secondary N) is 1. The summed E-state index contributed by atoms with van der Waals surface area (Å²) in [5, 5.41) is 7.74. The zero-order valence-electron chi connectivity index (χ0n) is 10.6. The molecule has 0 bridgehead atoms. The van der Waals surface area contributed by atoms with Crippen molar-refractivity contribution in [2.45, 2.75) is 19.4 Å². The average molecular weight is 258 g/mol. The monoisotopic (exact) mass is 258 g/mol. The summed E-state index contributed by atoms with van der Waals surface area (Å²) in [6.07, 6.45) is 0.982. The normalized spacial score (nSPS) is 19.9. The second kappa shape index (κ2) is 3.88. The summed E-state index contributed by atoms with van der Waals surface area (Å²) >= 11 is 0. The minimum absolute atomic E-state index is 0.201. The molecule has 4 rings (SSSR count). The molecule has 1 unspecified atom stereocenters. The van der Waals surface area contributed by atoms with Crippen LogP contribution in [0, 0.1) is 6.92 Å². The first-order chi connectivity index (χ1) is 9.31. The highest BCUT2D eigenvalue weighted by Crippen LogP contribution is 2.37. The smallest absolute Gasteiger partial charge is 0.231 e. The Morgan fingerprint density at radius 3 is 3.16 bits per heavy atom. The van der Waals surface area contributed by atoms with Crippen LogP contribution in [0.3, 0.4) is 0 Å². The quantitative estimate of drug-likeness (QED) is 0.844. The predicted molar refractivity (Wildman–Crippen MR) is 68.6 cm³/mol. The van der Waals surface area contributed by atoms with Crippen LogP contribution in [0.2, 0.25) is 0 Å². The van der Waals surface area contributed by atoms with Gasteiger partial charge in [-0.05, 0) is 31.0 Å². The van der Waals surface area contributed by atoms with Gasteiger partial charge in [0.1, 0.15) is 5.82 Å².